The molecule has 1 heterocycles. The van der Waals surface area contributed by atoms with Crippen LogP contribution in [0.1, 0.15) is 5.56 Å². The molecule has 1 aromatic rings. The molecule has 13 heavy (non-hydrogen) atoms. The monoisotopic (exact) mass is 176 g/mol. The van der Waals surface area contributed by atoms with Crippen LogP contribution in [0.4, 0.5) is 11.4 Å². The highest BCUT2D eigenvalue weighted by molar-refractivity contribution is 6.03. The lowest BCUT2D eigenvalue weighted by atomic mass is 10.1. The zero-order chi connectivity index (χ0) is 9.26. The fourth-order valence-electron chi connectivity index (χ4n) is 1.44. The summed E-state index contributed by atoms with van der Waals surface area (Å²) < 4.78 is 0. The predicted molar refractivity (Wildman–Crippen MR) is 48.5 cm³/mol. The number of amides is 2. The second kappa shape index (κ2) is 2.90. The van der Waals surface area contributed by atoms with Crippen LogP contribution in [-0.2, 0) is 16.0 Å². The molecule has 0 aliphatic carbocycles. The molecule has 0 radical (unpaired) electrons. The van der Waals surface area contributed by atoms with Gasteiger partial charge in [-0.2, -0.15) is 0 Å². The number of rotatable bonds is 2. The molecular weight excluding hydrogens is 168 g/mol. The third-order valence-corrected chi connectivity index (χ3v) is 1.98. The first-order valence-corrected chi connectivity index (χ1v) is 3.93. The van der Waals surface area contributed by atoms with Crippen LogP contribution in [-0.4, -0.2) is 12.3 Å². The standard InChI is InChI=1S/C9H8N2O2/c12-5-10-7-3-1-2-6-4-8(13)11-9(6)7/h1-3,5H,4H2,(H,10,12)(H,11,13). The summed E-state index contributed by atoms with van der Waals surface area (Å²) in [7, 11) is 0. The summed E-state index contributed by atoms with van der Waals surface area (Å²) in [6, 6.07) is 5.42. The Balaban J connectivity index is 2.44. The van der Waals surface area contributed by atoms with Crippen molar-refractivity contribution in [1.29, 1.82) is 0 Å². The molecule has 2 amide bonds. The summed E-state index contributed by atoms with van der Waals surface area (Å²) in [6.07, 6.45) is 0.990. The SMILES string of the molecule is O=CNc1cccc2c1NC(=O)C2. The number of nitrogens with one attached hydrogen (secondary N) is 2. The van der Waals surface area contributed by atoms with Gasteiger partial charge in [-0.05, 0) is 11.6 Å². The molecule has 0 saturated carbocycles. The third kappa shape index (κ3) is 1.26. The fourth-order valence-corrected chi connectivity index (χ4v) is 1.44. The molecule has 2 rings (SSSR count). The number of hydrogen-bond donors (Lipinski definition) is 2. The van der Waals surface area contributed by atoms with Crippen LogP contribution in [0.3, 0.4) is 0 Å². The van der Waals surface area contributed by atoms with Crippen LogP contribution < -0.4 is 10.6 Å². The zero-order valence-corrected chi connectivity index (χ0v) is 6.83. The Hall–Kier alpha value is -1.84. The van der Waals surface area contributed by atoms with Gasteiger partial charge in [-0.25, -0.2) is 0 Å². The largest absolute Gasteiger partial charge is 0.327 e. The van der Waals surface area contributed by atoms with Crippen molar-refractivity contribution in [3.05, 3.63) is 23.8 Å². The molecule has 2 N–H and O–H groups in total. The quantitative estimate of drug-likeness (QED) is 0.653. The van der Waals surface area contributed by atoms with Crippen LogP contribution >= 0.6 is 0 Å². The van der Waals surface area contributed by atoms with Crippen LogP contribution in [0.25, 0.3) is 0 Å². The maximum Gasteiger partial charge on any atom is 0.228 e. The molecule has 0 bridgehead atoms. The average molecular weight is 176 g/mol. The Labute approximate surface area is 74.9 Å². The number of hydrogen-bond acceptors (Lipinski definition) is 2. The van der Waals surface area contributed by atoms with Crippen LogP contribution in [0.5, 0.6) is 0 Å². The lowest BCUT2D eigenvalue weighted by Crippen LogP contribution is -2.05. The van der Waals surface area contributed by atoms with E-state index in [2.05, 4.69) is 10.6 Å². The van der Waals surface area contributed by atoms with Crippen molar-refractivity contribution in [3.63, 3.8) is 0 Å². The molecule has 4 nitrogen and oxygen atoms in total. The highest BCUT2D eigenvalue weighted by Gasteiger charge is 2.19. The van der Waals surface area contributed by atoms with Crippen molar-refractivity contribution in [3.8, 4) is 0 Å². The van der Waals surface area contributed by atoms with Crippen molar-refractivity contribution in [1.82, 2.24) is 0 Å². The molecule has 0 aromatic heterocycles. The average Bonchev–Trinajstić information content (AvgIpc) is 2.47. The summed E-state index contributed by atoms with van der Waals surface area (Å²) in [4.78, 5) is 21.3. The van der Waals surface area contributed by atoms with Gasteiger partial charge in [0.05, 0.1) is 17.8 Å². The molecule has 1 aliphatic heterocycles. The normalized spacial score (nSPS) is 13.4. The fraction of sp³-hybridized carbons (Fsp3) is 0.111. The second-order valence-electron chi connectivity index (χ2n) is 2.83. The second-order valence-corrected chi connectivity index (χ2v) is 2.83. The minimum Gasteiger partial charge on any atom is -0.327 e. The van der Waals surface area contributed by atoms with Crippen LogP contribution in [0, 0.1) is 0 Å². The first-order chi connectivity index (χ1) is 6.31. The van der Waals surface area contributed by atoms with Gasteiger partial charge in [0.25, 0.3) is 0 Å². The van der Waals surface area contributed by atoms with Gasteiger partial charge in [-0.1, -0.05) is 12.1 Å². The lowest BCUT2D eigenvalue weighted by Gasteiger charge is -2.04. The minimum atomic E-state index is -0.0323. The number of carbonyl (C=O) groups is 2. The third-order valence-electron chi connectivity index (χ3n) is 1.98. The van der Waals surface area contributed by atoms with Gasteiger partial charge in [0.15, 0.2) is 0 Å². The first-order valence-electron chi connectivity index (χ1n) is 3.93. The molecule has 66 valence electrons. The van der Waals surface area contributed by atoms with E-state index in [1.54, 1.807) is 6.07 Å². The highest BCUT2D eigenvalue weighted by atomic mass is 16.2. The smallest absolute Gasteiger partial charge is 0.228 e. The molecule has 0 fully saturated rings. The summed E-state index contributed by atoms with van der Waals surface area (Å²) >= 11 is 0. The zero-order valence-electron chi connectivity index (χ0n) is 6.83. The molecule has 4 heteroatoms. The Morgan fingerprint density at radius 2 is 2.31 bits per heavy atom. The van der Waals surface area contributed by atoms with E-state index in [1.165, 1.54) is 0 Å². The molecular formula is C9H8N2O2. The summed E-state index contributed by atoms with van der Waals surface area (Å²) in [6.45, 7) is 0. The highest BCUT2D eigenvalue weighted by Crippen LogP contribution is 2.30. The Morgan fingerprint density at radius 1 is 1.46 bits per heavy atom. The number of fused-ring (bicyclic) bond motifs is 1. The topological polar surface area (TPSA) is 58.2 Å². The summed E-state index contributed by atoms with van der Waals surface area (Å²) in [5, 5.41) is 5.22. The van der Waals surface area contributed by atoms with Gasteiger partial charge in [-0.3, -0.25) is 9.59 Å². The van der Waals surface area contributed by atoms with E-state index >= 15 is 0 Å². The van der Waals surface area contributed by atoms with Gasteiger partial charge in [0.1, 0.15) is 0 Å². The van der Waals surface area contributed by atoms with E-state index in [9.17, 15) is 9.59 Å². The Bertz CT molecular complexity index is 374. The molecule has 1 aliphatic rings. The van der Waals surface area contributed by atoms with Gasteiger partial charge < -0.3 is 10.6 Å². The lowest BCUT2D eigenvalue weighted by molar-refractivity contribution is -0.115. The van der Waals surface area contributed by atoms with Gasteiger partial charge in [0.2, 0.25) is 12.3 Å². The maximum absolute atomic E-state index is 11.0. The van der Waals surface area contributed by atoms with Crippen molar-refractivity contribution in [2.45, 2.75) is 6.42 Å². The molecule has 0 saturated heterocycles. The van der Waals surface area contributed by atoms with Crippen molar-refractivity contribution >= 4 is 23.7 Å². The Kier molecular flexibility index (Phi) is 1.73. The van der Waals surface area contributed by atoms with Gasteiger partial charge >= 0.3 is 0 Å². The van der Waals surface area contributed by atoms with Crippen molar-refractivity contribution in [2.75, 3.05) is 10.6 Å². The summed E-state index contributed by atoms with van der Waals surface area (Å²) in [5.74, 6) is -0.0323. The molecule has 0 spiro atoms. The van der Waals surface area contributed by atoms with E-state index in [1.807, 2.05) is 12.1 Å². The number of para-hydroxylation sites is 1. The van der Waals surface area contributed by atoms with Crippen molar-refractivity contribution in [2.24, 2.45) is 0 Å². The predicted octanol–water partition coefficient (Wildman–Crippen LogP) is 0.750. The molecule has 1 aromatic carbocycles. The van der Waals surface area contributed by atoms with Gasteiger partial charge in [0, 0.05) is 0 Å². The number of anilines is 2. The Morgan fingerprint density at radius 3 is 3.08 bits per heavy atom. The van der Waals surface area contributed by atoms with E-state index in [0.717, 1.165) is 11.3 Å². The van der Waals surface area contributed by atoms with Crippen LogP contribution in [0.2, 0.25) is 0 Å². The van der Waals surface area contributed by atoms with E-state index in [0.29, 0.717) is 18.5 Å². The van der Waals surface area contributed by atoms with Crippen LogP contribution in [0.15, 0.2) is 18.2 Å². The molecule has 0 unspecified atom stereocenters. The maximum atomic E-state index is 11.0. The number of benzene rings is 1. The summed E-state index contributed by atoms with van der Waals surface area (Å²) in [5.41, 5.74) is 2.30. The van der Waals surface area contributed by atoms with E-state index in [4.69, 9.17) is 0 Å². The van der Waals surface area contributed by atoms with Crippen molar-refractivity contribution < 1.29 is 9.59 Å². The number of carbonyl (C=O) groups excluding carboxylic acids is 2. The first kappa shape index (κ1) is 7.79. The minimum absolute atomic E-state index is 0.0323. The van der Waals surface area contributed by atoms with E-state index < -0.39 is 0 Å². The molecule has 0 atom stereocenters. The van der Waals surface area contributed by atoms with Gasteiger partial charge in [-0.15, -0.1) is 0 Å². The van der Waals surface area contributed by atoms with E-state index in [-0.39, 0.29) is 5.91 Å².